The van der Waals surface area contributed by atoms with Gasteiger partial charge in [-0.3, -0.25) is 4.79 Å². The molecule has 0 aliphatic carbocycles. The Kier molecular flexibility index (Phi) is 3.64. The Labute approximate surface area is 108 Å². The number of alkyl halides is 3. The molecule has 1 aromatic heterocycles. The molecule has 0 atom stereocenters. The fourth-order valence-electron chi connectivity index (χ4n) is 1.67. The van der Waals surface area contributed by atoms with E-state index in [0.29, 0.717) is 5.56 Å². The van der Waals surface area contributed by atoms with Crippen LogP contribution in [0.15, 0.2) is 54.9 Å². The van der Waals surface area contributed by atoms with Crippen molar-refractivity contribution in [2.45, 2.75) is 12.7 Å². The fraction of sp³-hybridized carbons (Fsp3) is 0.143. The zero-order chi connectivity index (χ0) is 13.9. The van der Waals surface area contributed by atoms with Gasteiger partial charge in [-0.05, 0) is 6.07 Å². The van der Waals surface area contributed by atoms with Crippen LogP contribution in [0.25, 0.3) is 0 Å². The molecule has 0 spiro atoms. The summed E-state index contributed by atoms with van der Waals surface area (Å²) < 4.78 is 38.8. The minimum atomic E-state index is -4.40. The molecule has 0 aliphatic rings. The molecular formula is C14H11F3NO+. The standard InChI is InChI=1S/C14H11F3NO/c15-14(16,17)12-7-4-8-18(9-12)10-13(19)11-5-2-1-3-6-11/h1-9H,10H2/q+1. The van der Waals surface area contributed by atoms with E-state index in [1.807, 2.05) is 0 Å². The van der Waals surface area contributed by atoms with Crippen LogP contribution in [0, 0.1) is 0 Å². The summed E-state index contributed by atoms with van der Waals surface area (Å²) >= 11 is 0. The lowest BCUT2D eigenvalue weighted by Gasteiger charge is -2.04. The van der Waals surface area contributed by atoms with Crippen molar-refractivity contribution in [2.75, 3.05) is 0 Å². The molecule has 19 heavy (non-hydrogen) atoms. The second-order valence-electron chi connectivity index (χ2n) is 4.05. The quantitative estimate of drug-likeness (QED) is 0.618. The topological polar surface area (TPSA) is 20.9 Å². The molecule has 0 saturated carbocycles. The van der Waals surface area contributed by atoms with Crippen LogP contribution in [-0.4, -0.2) is 5.78 Å². The maximum absolute atomic E-state index is 12.5. The van der Waals surface area contributed by atoms with Gasteiger partial charge >= 0.3 is 6.18 Å². The van der Waals surface area contributed by atoms with Crippen molar-refractivity contribution in [2.24, 2.45) is 0 Å². The summed E-state index contributed by atoms with van der Waals surface area (Å²) in [6.07, 6.45) is -2.03. The number of halogens is 3. The van der Waals surface area contributed by atoms with Gasteiger partial charge < -0.3 is 0 Å². The molecular weight excluding hydrogens is 255 g/mol. The molecule has 98 valence electrons. The second kappa shape index (κ2) is 5.22. The highest BCUT2D eigenvalue weighted by Gasteiger charge is 2.33. The molecule has 0 saturated heterocycles. The first-order valence-corrected chi connectivity index (χ1v) is 5.61. The lowest BCUT2D eigenvalue weighted by molar-refractivity contribution is -0.684. The molecule has 2 aromatic rings. The van der Waals surface area contributed by atoms with Crippen LogP contribution in [-0.2, 0) is 12.7 Å². The zero-order valence-electron chi connectivity index (χ0n) is 9.89. The van der Waals surface area contributed by atoms with Crippen LogP contribution in [0.2, 0.25) is 0 Å². The van der Waals surface area contributed by atoms with Gasteiger partial charge in [0.15, 0.2) is 12.4 Å². The predicted molar refractivity (Wildman–Crippen MR) is 62.4 cm³/mol. The summed E-state index contributed by atoms with van der Waals surface area (Å²) in [5.74, 6) is -0.232. The molecule has 0 unspecified atom stereocenters. The van der Waals surface area contributed by atoms with Crippen LogP contribution >= 0.6 is 0 Å². The van der Waals surface area contributed by atoms with E-state index in [1.54, 1.807) is 30.3 Å². The van der Waals surface area contributed by atoms with E-state index < -0.39 is 11.7 Å². The van der Waals surface area contributed by atoms with Crippen LogP contribution in [0.3, 0.4) is 0 Å². The summed E-state index contributed by atoms with van der Waals surface area (Å²) in [7, 11) is 0. The SMILES string of the molecule is O=C(C[n+]1cccc(C(F)(F)F)c1)c1ccccc1. The highest BCUT2D eigenvalue weighted by atomic mass is 19.4. The first-order chi connectivity index (χ1) is 8.97. The van der Waals surface area contributed by atoms with Crippen molar-refractivity contribution >= 4 is 5.78 Å². The molecule has 5 heteroatoms. The molecule has 0 N–H and O–H groups in total. The number of hydrogen-bond donors (Lipinski definition) is 0. The highest BCUT2D eigenvalue weighted by Crippen LogP contribution is 2.27. The van der Waals surface area contributed by atoms with E-state index in [-0.39, 0.29) is 12.3 Å². The van der Waals surface area contributed by atoms with Gasteiger partial charge in [0.2, 0.25) is 12.3 Å². The third kappa shape index (κ3) is 3.40. The minimum Gasteiger partial charge on any atom is -0.287 e. The largest absolute Gasteiger partial charge is 0.422 e. The highest BCUT2D eigenvalue weighted by molar-refractivity contribution is 5.94. The van der Waals surface area contributed by atoms with Crippen molar-refractivity contribution in [3.63, 3.8) is 0 Å². The van der Waals surface area contributed by atoms with Crippen molar-refractivity contribution in [3.8, 4) is 0 Å². The second-order valence-corrected chi connectivity index (χ2v) is 4.05. The summed E-state index contributed by atoms with van der Waals surface area (Å²) in [6, 6.07) is 10.7. The van der Waals surface area contributed by atoms with Gasteiger partial charge in [-0.1, -0.05) is 30.3 Å². The van der Waals surface area contributed by atoms with E-state index >= 15 is 0 Å². The van der Waals surface area contributed by atoms with E-state index in [1.165, 1.54) is 16.8 Å². The molecule has 0 aliphatic heterocycles. The Morgan fingerprint density at radius 2 is 1.74 bits per heavy atom. The van der Waals surface area contributed by atoms with E-state index in [9.17, 15) is 18.0 Å². The van der Waals surface area contributed by atoms with Crippen molar-refractivity contribution in [3.05, 3.63) is 66.0 Å². The first-order valence-electron chi connectivity index (χ1n) is 5.61. The summed E-state index contributed by atoms with van der Waals surface area (Å²) in [6.45, 7) is -0.117. The van der Waals surface area contributed by atoms with Crippen molar-refractivity contribution < 1.29 is 22.5 Å². The Morgan fingerprint density at radius 1 is 1.05 bits per heavy atom. The molecule has 2 nitrogen and oxygen atoms in total. The third-order valence-corrected chi connectivity index (χ3v) is 2.61. The smallest absolute Gasteiger partial charge is 0.287 e. The molecule has 0 radical (unpaired) electrons. The third-order valence-electron chi connectivity index (χ3n) is 2.61. The molecule has 1 aromatic carbocycles. The fourth-order valence-corrected chi connectivity index (χ4v) is 1.67. The van der Waals surface area contributed by atoms with Gasteiger partial charge in [0.25, 0.3) is 0 Å². The number of Topliss-reactive ketones (excluding diaryl/α,β-unsaturated/α-hetero) is 1. The van der Waals surface area contributed by atoms with E-state index in [2.05, 4.69) is 0 Å². The molecule has 0 amide bonds. The Balaban J connectivity index is 2.18. The van der Waals surface area contributed by atoms with Crippen LogP contribution < -0.4 is 4.57 Å². The molecule has 0 fully saturated rings. The number of aromatic nitrogens is 1. The Bertz CT molecular complexity index is 579. The zero-order valence-corrected chi connectivity index (χ0v) is 9.89. The number of hydrogen-bond acceptors (Lipinski definition) is 1. The maximum atomic E-state index is 12.5. The first kappa shape index (κ1) is 13.3. The Morgan fingerprint density at radius 3 is 2.37 bits per heavy atom. The van der Waals surface area contributed by atoms with Crippen molar-refractivity contribution in [1.82, 2.24) is 0 Å². The normalized spacial score (nSPS) is 11.3. The average molecular weight is 266 g/mol. The summed E-state index contributed by atoms with van der Waals surface area (Å²) in [4.78, 5) is 11.9. The molecule has 0 bridgehead atoms. The van der Waals surface area contributed by atoms with Gasteiger partial charge in [-0.25, -0.2) is 0 Å². The van der Waals surface area contributed by atoms with Gasteiger partial charge in [0.05, 0.1) is 0 Å². The predicted octanol–water partition coefficient (Wildman–Crippen LogP) is 2.88. The van der Waals surface area contributed by atoms with Crippen LogP contribution in [0.5, 0.6) is 0 Å². The number of carbonyl (C=O) groups is 1. The number of rotatable bonds is 3. The van der Waals surface area contributed by atoms with Crippen LogP contribution in [0.4, 0.5) is 13.2 Å². The van der Waals surface area contributed by atoms with E-state index in [0.717, 1.165) is 12.3 Å². The number of nitrogens with zero attached hydrogens (tertiary/aromatic N) is 1. The average Bonchev–Trinajstić information content (AvgIpc) is 2.39. The van der Waals surface area contributed by atoms with E-state index in [4.69, 9.17) is 0 Å². The van der Waals surface area contributed by atoms with Gasteiger partial charge in [-0.15, -0.1) is 0 Å². The molecule has 2 rings (SSSR count). The summed E-state index contributed by atoms with van der Waals surface area (Å²) in [5, 5.41) is 0. The number of pyridine rings is 1. The number of ketones is 1. The maximum Gasteiger partial charge on any atom is 0.422 e. The Hall–Kier alpha value is -2.17. The van der Waals surface area contributed by atoms with Gasteiger partial charge in [-0.2, -0.15) is 17.7 Å². The lowest BCUT2D eigenvalue weighted by atomic mass is 10.1. The number of benzene rings is 1. The monoisotopic (exact) mass is 266 g/mol. The van der Waals surface area contributed by atoms with Crippen LogP contribution in [0.1, 0.15) is 15.9 Å². The minimum absolute atomic E-state index is 0.117. The summed E-state index contributed by atoms with van der Waals surface area (Å²) in [5.41, 5.74) is -0.289. The molecule has 1 heterocycles. The van der Waals surface area contributed by atoms with Gasteiger partial charge in [0.1, 0.15) is 5.56 Å². The number of carbonyl (C=O) groups excluding carboxylic acids is 1. The van der Waals surface area contributed by atoms with Gasteiger partial charge in [0, 0.05) is 11.6 Å². The van der Waals surface area contributed by atoms with Crippen molar-refractivity contribution in [1.29, 1.82) is 0 Å². The lowest BCUT2D eigenvalue weighted by Crippen LogP contribution is -2.38.